The average Bonchev–Trinajstić information content (AvgIpc) is 2.94. The van der Waals surface area contributed by atoms with Crippen LogP contribution >= 0.6 is 0 Å². The van der Waals surface area contributed by atoms with Crippen LogP contribution in [0.4, 0.5) is 0 Å². The van der Waals surface area contributed by atoms with Crippen molar-refractivity contribution in [1.29, 1.82) is 0 Å². The van der Waals surface area contributed by atoms with Crippen LogP contribution in [0.3, 0.4) is 0 Å². The van der Waals surface area contributed by atoms with Gasteiger partial charge in [0.05, 0.1) is 0 Å². The molecule has 4 bridgehead atoms. The molecule has 4 saturated carbocycles. The fourth-order valence-electron chi connectivity index (χ4n) is 6.55. The van der Waals surface area contributed by atoms with Crippen LogP contribution in [0.15, 0.2) is 53.5 Å². The van der Waals surface area contributed by atoms with Gasteiger partial charge in [-0.3, -0.25) is 9.79 Å². The smallest absolute Gasteiger partial charge is 0.308 e. The first-order valence-electron chi connectivity index (χ1n) is 11.5. The number of hydrogen-bond acceptors (Lipinski definition) is 3. The number of benzene rings is 2. The van der Waals surface area contributed by atoms with Gasteiger partial charge in [0.25, 0.3) is 0 Å². The quantitative estimate of drug-likeness (QED) is 0.335. The molecular weight excluding hydrogens is 370 g/mol. The van der Waals surface area contributed by atoms with E-state index in [1.165, 1.54) is 51.9 Å². The van der Waals surface area contributed by atoms with Crippen LogP contribution in [0, 0.1) is 23.2 Å². The van der Waals surface area contributed by atoms with E-state index in [-0.39, 0.29) is 5.97 Å². The standard InChI is InChI=1S/C27H31NO2/c1-19(29)30-26-10-8-25(9-11-26)24-6-4-20(5-7-24)17-28-18-27-14-21-2-3-22(15-27)13-23(12-21)16-27/h4-11,17,21-23H,2-3,12-16,18H2,1H3/t21-,22-,23?,27?/m1/s1. The summed E-state index contributed by atoms with van der Waals surface area (Å²) < 4.78 is 5.11. The highest BCUT2D eigenvalue weighted by Crippen LogP contribution is 2.57. The number of aliphatic imine (C=N–C) groups is 1. The summed E-state index contributed by atoms with van der Waals surface area (Å²) in [5.41, 5.74) is 3.92. The largest absolute Gasteiger partial charge is 0.427 e. The van der Waals surface area contributed by atoms with Crippen molar-refractivity contribution < 1.29 is 9.53 Å². The second kappa shape index (κ2) is 8.02. The highest BCUT2D eigenvalue weighted by atomic mass is 16.5. The van der Waals surface area contributed by atoms with Gasteiger partial charge in [0.1, 0.15) is 5.75 Å². The molecule has 0 spiro atoms. The number of esters is 1. The van der Waals surface area contributed by atoms with Crippen molar-refractivity contribution in [2.75, 3.05) is 6.54 Å². The minimum Gasteiger partial charge on any atom is -0.427 e. The van der Waals surface area contributed by atoms with E-state index < -0.39 is 0 Å². The first-order valence-corrected chi connectivity index (χ1v) is 11.5. The van der Waals surface area contributed by atoms with Crippen molar-refractivity contribution >= 4 is 12.2 Å². The van der Waals surface area contributed by atoms with Crippen LogP contribution in [0.5, 0.6) is 5.75 Å². The summed E-state index contributed by atoms with van der Waals surface area (Å²) in [6, 6.07) is 16.2. The fourth-order valence-corrected chi connectivity index (χ4v) is 6.55. The molecule has 0 aromatic heterocycles. The lowest BCUT2D eigenvalue weighted by Crippen LogP contribution is -2.39. The van der Waals surface area contributed by atoms with Crippen LogP contribution < -0.4 is 4.74 Å². The van der Waals surface area contributed by atoms with Crippen LogP contribution in [0.1, 0.15) is 57.4 Å². The van der Waals surface area contributed by atoms with Gasteiger partial charge in [0.15, 0.2) is 0 Å². The van der Waals surface area contributed by atoms with Crippen molar-refractivity contribution in [3.8, 4) is 16.9 Å². The summed E-state index contributed by atoms with van der Waals surface area (Å²) in [5.74, 6) is 3.20. The molecule has 3 heteroatoms. The number of carbonyl (C=O) groups is 1. The molecule has 0 saturated heterocycles. The van der Waals surface area contributed by atoms with Crippen LogP contribution in [0.2, 0.25) is 0 Å². The minimum atomic E-state index is -0.296. The topological polar surface area (TPSA) is 38.7 Å². The van der Waals surface area contributed by atoms with Gasteiger partial charge >= 0.3 is 5.97 Å². The number of fused-ring (bicyclic) bond motifs is 1. The highest BCUT2D eigenvalue weighted by Gasteiger charge is 2.48. The molecule has 0 heterocycles. The molecule has 30 heavy (non-hydrogen) atoms. The zero-order valence-electron chi connectivity index (χ0n) is 17.8. The van der Waals surface area contributed by atoms with Gasteiger partial charge in [-0.15, -0.1) is 0 Å². The number of hydrogen-bond donors (Lipinski definition) is 0. The summed E-state index contributed by atoms with van der Waals surface area (Å²) in [7, 11) is 0. The lowest BCUT2D eigenvalue weighted by atomic mass is 9.58. The molecule has 4 aliphatic carbocycles. The maximum atomic E-state index is 11.1. The molecule has 4 fully saturated rings. The van der Waals surface area contributed by atoms with E-state index in [2.05, 4.69) is 30.5 Å². The molecule has 3 nitrogen and oxygen atoms in total. The maximum absolute atomic E-state index is 11.1. The Balaban J connectivity index is 1.23. The van der Waals surface area contributed by atoms with Crippen LogP contribution in [-0.4, -0.2) is 18.7 Å². The monoisotopic (exact) mass is 401 g/mol. The maximum Gasteiger partial charge on any atom is 0.308 e. The van der Waals surface area contributed by atoms with Gasteiger partial charge in [-0.25, -0.2) is 0 Å². The molecule has 2 aromatic rings. The Bertz CT molecular complexity index is 912. The Morgan fingerprint density at radius 2 is 1.50 bits per heavy atom. The lowest BCUT2D eigenvalue weighted by Gasteiger charge is -2.47. The molecule has 0 unspecified atom stereocenters. The van der Waals surface area contributed by atoms with E-state index in [1.807, 2.05) is 24.3 Å². The van der Waals surface area contributed by atoms with E-state index in [0.29, 0.717) is 11.2 Å². The van der Waals surface area contributed by atoms with E-state index in [1.54, 1.807) is 0 Å². The van der Waals surface area contributed by atoms with Crippen LogP contribution in [0.25, 0.3) is 11.1 Å². The Kier molecular flexibility index (Phi) is 5.22. The summed E-state index contributed by atoms with van der Waals surface area (Å²) in [4.78, 5) is 16.0. The Morgan fingerprint density at radius 3 is 2.10 bits per heavy atom. The van der Waals surface area contributed by atoms with Crippen molar-refractivity contribution in [2.24, 2.45) is 28.2 Å². The van der Waals surface area contributed by atoms with Crippen molar-refractivity contribution in [2.45, 2.75) is 51.9 Å². The van der Waals surface area contributed by atoms with Crippen molar-refractivity contribution in [3.63, 3.8) is 0 Å². The van der Waals surface area contributed by atoms with Gasteiger partial charge in [0, 0.05) is 19.7 Å². The average molecular weight is 402 g/mol. The molecule has 0 radical (unpaired) electrons. The van der Waals surface area contributed by atoms with Gasteiger partial charge in [0.2, 0.25) is 0 Å². The Hall–Kier alpha value is -2.42. The lowest BCUT2D eigenvalue weighted by molar-refractivity contribution is -0.131. The summed E-state index contributed by atoms with van der Waals surface area (Å²) >= 11 is 0. The molecule has 0 aliphatic heterocycles. The normalized spacial score (nSPS) is 29.8. The third-order valence-corrected chi connectivity index (χ3v) is 7.51. The summed E-state index contributed by atoms with van der Waals surface area (Å²) in [6.07, 6.45) is 12.2. The predicted octanol–water partition coefficient (Wildman–Crippen LogP) is 6.30. The first-order chi connectivity index (χ1) is 14.6. The molecule has 0 N–H and O–H groups in total. The minimum absolute atomic E-state index is 0.296. The van der Waals surface area contributed by atoms with Gasteiger partial charge in [-0.2, -0.15) is 0 Å². The molecule has 156 valence electrons. The molecule has 0 amide bonds. The highest BCUT2D eigenvalue weighted by molar-refractivity contribution is 5.81. The van der Waals surface area contributed by atoms with E-state index in [9.17, 15) is 4.79 Å². The number of rotatable bonds is 5. The van der Waals surface area contributed by atoms with Crippen molar-refractivity contribution in [1.82, 2.24) is 0 Å². The van der Waals surface area contributed by atoms with E-state index in [0.717, 1.165) is 41.0 Å². The van der Waals surface area contributed by atoms with Gasteiger partial charge in [-0.1, -0.05) is 49.2 Å². The number of nitrogens with zero attached hydrogens (tertiary/aromatic N) is 1. The number of carbonyl (C=O) groups excluding carboxylic acids is 1. The van der Waals surface area contributed by atoms with Gasteiger partial charge < -0.3 is 4.74 Å². The Morgan fingerprint density at radius 1 is 0.933 bits per heavy atom. The molecule has 4 aliphatic rings. The SMILES string of the molecule is CC(=O)Oc1ccc(-c2ccc(C=NCC34CC5C[C@@H](CC[C@H](C5)C3)C4)cc2)cc1. The van der Waals surface area contributed by atoms with Gasteiger partial charge in [-0.05, 0) is 84.1 Å². The Labute approximate surface area is 179 Å². The molecular formula is C27H31NO2. The summed E-state index contributed by atoms with van der Waals surface area (Å²) in [5, 5.41) is 0. The predicted molar refractivity (Wildman–Crippen MR) is 121 cm³/mol. The van der Waals surface area contributed by atoms with Crippen molar-refractivity contribution in [3.05, 3.63) is 54.1 Å². The first kappa shape index (κ1) is 19.5. The van der Waals surface area contributed by atoms with E-state index >= 15 is 0 Å². The molecule has 6 rings (SSSR count). The van der Waals surface area contributed by atoms with E-state index in [4.69, 9.17) is 9.73 Å². The summed E-state index contributed by atoms with van der Waals surface area (Å²) in [6.45, 7) is 2.43. The molecule has 2 aromatic carbocycles. The fraction of sp³-hybridized carbons (Fsp3) is 0.481. The molecule has 2 atom stereocenters. The number of ether oxygens (including phenoxy) is 1. The zero-order chi connectivity index (χ0) is 20.6. The zero-order valence-corrected chi connectivity index (χ0v) is 17.8. The second-order valence-corrected chi connectivity index (χ2v) is 9.97. The van der Waals surface area contributed by atoms with Crippen LogP contribution in [-0.2, 0) is 4.79 Å². The third-order valence-electron chi connectivity index (χ3n) is 7.51. The third kappa shape index (κ3) is 4.21. The second-order valence-electron chi connectivity index (χ2n) is 9.97.